The molecular weight excluding hydrogens is 227 g/mol. The molecule has 1 aromatic rings. The Morgan fingerprint density at radius 3 is 2.47 bits per heavy atom. The van der Waals surface area contributed by atoms with Gasteiger partial charge in [-0.15, -0.1) is 0 Å². The molecule has 1 aromatic carbocycles. The summed E-state index contributed by atoms with van der Waals surface area (Å²) in [6, 6.07) is 3.19. The first-order valence-electron chi connectivity index (χ1n) is 4.01. The molecular formula is C9H8F3NOS. The molecule has 0 fully saturated rings. The maximum absolute atomic E-state index is 13.2. The molecule has 0 spiro atoms. The monoisotopic (exact) mass is 235 g/mol. The van der Waals surface area contributed by atoms with E-state index in [4.69, 9.17) is 0 Å². The lowest BCUT2D eigenvalue weighted by atomic mass is 10.0. The van der Waals surface area contributed by atoms with Crippen LogP contribution >= 0.6 is 12.8 Å². The third kappa shape index (κ3) is 2.51. The van der Waals surface area contributed by atoms with E-state index in [0.717, 1.165) is 6.07 Å². The number of rotatable bonds is 4. The van der Waals surface area contributed by atoms with E-state index < -0.39 is 24.1 Å². The van der Waals surface area contributed by atoms with E-state index in [1.165, 1.54) is 18.2 Å². The van der Waals surface area contributed by atoms with Crippen LogP contribution in [-0.4, -0.2) is 12.2 Å². The maximum atomic E-state index is 13.2. The van der Waals surface area contributed by atoms with Gasteiger partial charge in [0.15, 0.2) is 6.29 Å². The van der Waals surface area contributed by atoms with Crippen LogP contribution in [0.5, 0.6) is 0 Å². The van der Waals surface area contributed by atoms with Gasteiger partial charge in [0.2, 0.25) is 0 Å². The van der Waals surface area contributed by atoms with Crippen molar-refractivity contribution in [3.63, 3.8) is 0 Å². The van der Waals surface area contributed by atoms with E-state index in [0.29, 0.717) is 0 Å². The second-order valence-corrected chi connectivity index (χ2v) is 3.13. The molecule has 0 heterocycles. The number of nitrogens with one attached hydrogen (secondary N) is 1. The van der Waals surface area contributed by atoms with Crippen LogP contribution in [0.25, 0.3) is 0 Å². The molecule has 0 aromatic heterocycles. The first-order chi connectivity index (χ1) is 7.03. The number of aldehydes is 1. The topological polar surface area (TPSA) is 29.1 Å². The van der Waals surface area contributed by atoms with Gasteiger partial charge in [0, 0.05) is 5.56 Å². The highest BCUT2D eigenvalue weighted by atomic mass is 32.1. The summed E-state index contributed by atoms with van der Waals surface area (Å²) in [5.41, 5.74) is -0.301. The highest BCUT2D eigenvalue weighted by Crippen LogP contribution is 2.31. The van der Waals surface area contributed by atoms with Crippen molar-refractivity contribution in [1.29, 1.82) is 0 Å². The molecule has 0 saturated heterocycles. The van der Waals surface area contributed by atoms with Crippen molar-refractivity contribution in [2.24, 2.45) is 0 Å². The van der Waals surface area contributed by atoms with Gasteiger partial charge in [0.25, 0.3) is 0 Å². The van der Waals surface area contributed by atoms with Crippen molar-refractivity contribution >= 4 is 19.1 Å². The van der Waals surface area contributed by atoms with Crippen molar-refractivity contribution in [2.45, 2.75) is 12.0 Å². The average molecular weight is 235 g/mol. The van der Waals surface area contributed by atoms with Crippen LogP contribution in [0, 0.1) is 5.82 Å². The zero-order chi connectivity index (χ0) is 11.5. The van der Waals surface area contributed by atoms with Crippen LogP contribution in [0.4, 0.5) is 13.2 Å². The molecule has 0 radical (unpaired) electrons. The van der Waals surface area contributed by atoms with E-state index in [2.05, 4.69) is 12.8 Å². The standard InChI is InChI=1S/C9H8F3NOS/c10-7-4-2-1-3-6(7)8(13-15)9(11,12)5-14/h1-5,8,13,15H. The lowest BCUT2D eigenvalue weighted by Crippen LogP contribution is -2.35. The minimum Gasteiger partial charge on any atom is -0.297 e. The van der Waals surface area contributed by atoms with E-state index >= 15 is 0 Å². The molecule has 1 rings (SSSR count). The van der Waals surface area contributed by atoms with Gasteiger partial charge in [-0.3, -0.25) is 9.52 Å². The van der Waals surface area contributed by atoms with E-state index in [1.54, 1.807) is 0 Å². The molecule has 0 saturated carbocycles. The number of thiol groups is 1. The molecule has 1 N–H and O–H groups in total. The summed E-state index contributed by atoms with van der Waals surface area (Å²) < 4.78 is 41.2. The Kier molecular flexibility index (Phi) is 3.76. The molecule has 82 valence electrons. The second kappa shape index (κ2) is 4.67. The smallest absolute Gasteiger partial charge is 0.297 e. The van der Waals surface area contributed by atoms with Crippen LogP contribution < -0.4 is 4.72 Å². The number of halogens is 3. The lowest BCUT2D eigenvalue weighted by molar-refractivity contribution is -0.132. The van der Waals surface area contributed by atoms with E-state index in [1.807, 2.05) is 4.72 Å². The predicted octanol–water partition coefficient (Wildman–Crippen LogP) is 2.14. The van der Waals surface area contributed by atoms with Gasteiger partial charge in [-0.25, -0.2) is 4.39 Å². The normalized spacial score (nSPS) is 13.6. The summed E-state index contributed by atoms with van der Waals surface area (Å²) >= 11 is 3.47. The van der Waals surface area contributed by atoms with Crippen molar-refractivity contribution in [3.8, 4) is 0 Å². The number of benzene rings is 1. The number of carbonyl (C=O) groups excluding carboxylic acids is 1. The minimum atomic E-state index is -3.70. The fraction of sp³-hybridized carbons (Fsp3) is 0.222. The Bertz CT molecular complexity index is 359. The summed E-state index contributed by atoms with van der Waals surface area (Å²) in [6.45, 7) is 0. The SMILES string of the molecule is O=CC(F)(F)C(NS)c1ccccc1F. The Morgan fingerprint density at radius 1 is 1.40 bits per heavy atom. The molecule has 1 atom stereocenters. The maximum Gasteiger partial charge on any atom is 0.322 e. The molecule has 1 unspecified atom stereocenters. The van der Waals surface area contributed by atoms with Gasteiger partial charge >= 0.3 is 5.92 Å². The van der Waals surface area contributed by atoms with Crippen molar-refractivity contribution in [3.05, 3.63) is 35.6 Å². The average Bonchev–Trinajstić information content (AvgIpc) is 2.21. The van der Waals surface area contributed by atoms with Crippen molar-refractivity contribution in [1.82, 2.24) is 4.72 Å². The molecule has 2 nitrogen and oxygen atoms in total. The lowest BCUT2D eigenvalue weighted by Gasteiger charge is -2.21. The first kappa shape index (κ1) is 12.1. The number of carbonyl (C=O) groups is 1. The van der Waals surface area contributed by atoms with Gasteiger partial charge in [-0.05, 0) is 6.07 Å². The number of alkyl halides is 2. The molecule has 6 heteroatoms. The molecule has 0 aliphatic carbocycles. The fourth-order valence-electron chi connectivity index (χ4n) is 1.14. The van der Waals surface area contributed by atoms with E-state index in [9.17, 15) is 18.0 Å². The van der Waals surface area contributed by atoms with Gasteiger partial charge in [-0.2, -0.15) is 8.78 Å². The van der Waals surface area contributed by atoms with Gasteiger partial charge in [0.05, 0.1) is 0 Å². The largest absolute Gasteiger partial charge is 0.322 e. The zero-order valence-electron chi connectivity index (χ0n) is 7.45. The van der Waals surface area contributed by atoms with E-state index in [-0.39, 0.29) is 5.56 Å². The van der Waals surface area contributed by atoms with Gasteiger partial charge in [0.1, 0.15) is 11.9 Å². The van der Waals surface area contributed by atoms with Crippen LogP contribution in [0.15, 0.2) is 24.3 Å². The molecule has 0 aliphatic rings. The van der Waals surface area contributed by atoms with Crippen LogP contribution in [-0.2, 0) is 4.79 Å². The van der Waals surface area contributed by atoms with Crippen molar-refractivity contribution in [2.75, 3.05) is 0 Å². The molecule has 0 aliphatic heterocycles. The highest BCUT2D eigenvalue weighted by Gasteiger charge is 2.41. The quantitative estimate of drug-likeness (QED) is 0.618. The number of hydrogen-bond donors (Lipinski definition) is 2. The number of hydrogen-bond acceptors (Lipinski definition) is 3. The van der Waals surface area contributed by atoms with Crippen LogP contribution in [0.1, 0.15) is 11.6 Å². The van der Waals surface area contributed by atoms with Crippen LogP contribution in [0.2, 0.25) is 0 Å². The Morgan fingerprint density at radius 2 is 2.00 bits per heavy atom. The summed E-state index contributed by atoms with van der Waals surface area (Å²) in [7, 11) is 0. The second-order valence-electron chi connectivity index (χ2n) is 2.88. The summed E-state index contributed by atoms with van der Waals surface area (Å²) in [5, 5.41) is 0. The third-order valence-electron chi connectivity index (χ3n) is 1.89. The van der Waals surface area contributed by atoms with Gasteiger partial charge in [-0.1, -0.05) is 31.0 Å². The van der Waals surface area contributed by atoms with Crippen LogP contribution in [0.3, 0.4) is 0 Å². The Hall–Kier alpha value is -1.01. The minimum absolute atomic E-state index is 0.301. The molecule has 15 heavy (non-hydrogen) atoms. The summed E-state index contributed by atoms with van der Waals surface area (Å²) in [6.07, 6.45) is -0.534. The first-order valence-corrected chi connectivity index (χ1v) is 4.46. The highest BCUT2D eigenvalue weighted by molar-refractivity contribution is 7.78. The van der Waals surface area contributed by atoms with Gasteiger partial charge < -0.3 is 0 Å². The van der Waals surface area contributed by atoms with Crippen molar-refractivity contribution < 1.29 is 18.0 Å². The summed E-state index contributed by atoms with van der Waals surface area (Å²) in [4.78, 5) is 10.2. The zero-order valence-corrected chi connectivity index (χ0v) is 8.35. The summed E-state index contributed by atoms with van der Waals surface area (Å²) in [5.74, 6) is -4.52. The Labute approximate surface area is 90.0 Å². The fourth-order valence-corrected chi connectivity index (χ4v) is 1.45. The molecule has 0 amide bonds. The molecule has 0 bridgehead atoms. The Balaban J connectivity index is 3.13. The third-order valence-corrected chi connectivity index (χ3v) is 2.15. The predicted molar refractivity (Wildman–Crippen MR) is 52.3 cm³/mol.